The molecule has 2 aromatic carbocycles. The van der Waals surface area contributed by atoms with E-state index >= 15 is 0 Å². The quantitative estimate of drug-likeness (QED) is 0.501. The third-order valence-electron chi connectivity index (χ3n) is 4.51. The zero-order valence-corrected chi connectivity index (χ0v) is 18.9. The molecule has 166 valence electrons. The summed E-state index contributed by atoms with van der Waals surface area (Å²) in [7, 11) is -3.79. The molecule has 4 rings (SSSR count). The number of anilines is 2. The second-order valence-corrected chi connectivity index (χ2v) is 9.59. The van der Waals surface area contributed by atoms with Crippen LogP contribution >= 0.6 is 11.3 Å². The van der Waals surface area contributed by atoms with Gasteiger partial charge in [-0.2, -0.15) is 0 Å². The first kappa shape index (κ1) is 21.9. The molecule has 11 heteroatoms. The Labute approximate surface area is 189 Å². The smallest absolute Gasteiger partial charge is 0.263 e. The normalized spacial score (nSPS) is 17.0. The Morgan fingerprint density at radius 1 is 1.16 bits per heavy atom. The second kappa shape index (κ2) is 9.07. The van der Waals surface area contributed by atoms with Gasteiger partial charge in [-0.3, -0.25) is 9.52 Å². The van der Waals surface area contributed by atoms with Crippen molar-refractivity contribution in [2.75, 3.05) is 16.6 Å². The highest BCUT2D eigenvalue weighted by Gasteiger charge is 2.32. The van der Waals surface area contributed by atoms with Gasteiger partial charge < -0.3 is 14.8 Å². The zero-order chi connectivity index (χ0) is 22.7. The number of rotatable bonds is 7. The zero-order valence-electron chi connectivity index (χ0n) is 17.2. The van der Waals surface area contributed by atoms with Crippen LogP contribution in [0.5, 0.6) is 5.75 Å². The second-order valence-electron chi connectivity index (χ2n) is 6.73. The molecule has 3 aromatic rings. The van der Waals surface area contributed by atoms with Crippen molar-refractivity contribution in [1.29, 1.82) is 0 Å². The first-order valence-electron chi connectivity index (χ1n) is 9.69. The van der Waals surface area contributed by atoms with Gasteiger partial charge in [-0.1, -0.05) is 23.5 Å². The van der Waals surface area contributed by atoms with Crippen LogP contribution in [-0.4, -0.2) is 37.3 Å². The summed E-state index contributed by atoms with van der Waals surface area (Å²) < 4.78 is 38.8. The van der Waals surface area contributed by atoms with Gasteiger partial charge in [-0.05, 0) is 50.2 Å². The first-order chi connectivity index (χ1) is 15.4. The van der Waals surface area contributed by atoms with E-state index in [1.807, 2.05) is 6.92 Å². The van der Waals surface area contributed by atoms with Crippen LogP contribution in [0.2, 0.25) is 0 Å². The van der Waals surface area contributed by atoms with E-state index in [9.17, 15) is 13.2 Å². The predicted molar refractivity (Wildman–Crippen MR) is 120 cm³/mol. The molecule has 0 radical (unpaired) electrons. The highest BCUT2D eigenvalue weighted by Crippen LogP contribution is 2.31. The number of fused-ring (bicyclic) bond motifs is 1. The Morgan fingerprint density at radius 2 is 1.91 bits per heavy atom. The van der Waals surface area contributed by atoms with Crippen molar-refractivity contribution in [2.24, 2.45) is 0 Å². The van der Waals surface area contributed by atoms with Gasteiger partial charge in [-0.15, -0.1) is 10.2 Å². The third kappa shape index (κ3) is 4.64. The maximum Gasteiger partial charge on any atom is 0.263 e. The number of hydrogen-bond acceptors (Lipinski definition) is 9. The Balaban J connectivity index is 1.52. The number of carbonyl (C=O) groups excluding carboxylic acids is 1. The number of Topliss-reactive ketones (excluding diaryl/α,β-unsaturated/α-hetero) is 1. The summed E-state index contributed by atoms with van der Waals surface area (Å²) in [4.78, 5) is 13.0. The van der Waals surface area contributed by atoms with Crippen molar-refractivity contribution in [3.05, 3.63) is 70.9 Å². The number of aromatic nitrogens is 2. The van der Waals surface area contributed by atoms with Gasteiger partial charge >= 0.3 is 0 Å². The maximum absolute atomic E-state index is 12.9. The van der Waals surface area contributed by atoms with Crippen LogP contribution < -0.4 is 14.8 Å². The van der Waals surface area contributed by atoms with Crippen molar-refractivity contribution in [1.82, 2.24) is 10.2 Å². The van der Waals surface area contributed by atoms with Crippen LogP contribution in [0.4, 0.5) is 10.8 Å². The lowest BCUT2D eigenvalue weighted by molar-refractivity contribution is -0.0509. The van der Waals surface area contributed by atoms with Crippen molar-refractivity contribution in [3.8, 4) is 5.75 Å². The Bertz CT molecular complexity index is 1270. The number of aryl methyl sites for hydroxylation is 1. The fourth-order valence-electron chi connectivity index (χ4n) is 3.01. The number of nitrogens with one attached hydrogen (secondary N) is 2. The molecular weight excluding hydrogens is 452 g/mol. The molecule has 1 aromatic heterocycles. The van der Waals surface area contributed by atoms with Gasteiger partial charge in [0.05, 0.1) is 16.0 Å². The van der Waals surface area contributed by atoms with Crippen LogP contribution in [0.25, 0.3) is 0 Å². The van der Waals surface area contributed by atoms with Gasteiger partial charge in [0.15, 0.2) is 5.78 Å². The monoisotopic (exact) mass is 472 g/mol. The molecule has 0 spiro atoms. The summed E-state index contributed by atoms with van der Waals surface area (Å²) in [5.74, 6) is 0.273. The number of benzene rings is 2. The number of sulfonamides is 1. The molecule has 1 aliphatic heterocycles. The van der Waals surface area contributed by atoms with Crippen LogP contribution in [0.3, 0.4) is 0 Å². The molecule has 0 aliphatic carbocycles. The SMILES string of the molecule is CCOC1Oc2ccccc2C(=O)/C1=C/Nc1ccc(S(=O)(=O)Nc2nnc(C)s2)cc1. The summed E-state index contributed by atoms with van der Waals surface area (Å²) in [6.45, 7) is 3.92. The molecule has 0 bridgehead atoms. The van der Waals surface area contributed by atoms with Gasteiger partial charge in [0.2, 0.25) is 11.4 Å². The minimum Gasteiger partial charge on any atom is -0.460 e. The molecule has 32 heavy (non-hydrogen) atoms. The Morgan fingerprint density at radius 3 is 2.59 bits per heavy atom. The molecular formula is C21H20N4O5S2. The van der Waals surface area contributed by atoms with Crippen molar-refractivity contribution in [2.45, 2.75) is 25.0 Å². The predicted octanol–water partition coefficient (Wildman–Crippen LogP) is 3.58. The fraction of sp³-hybridized carbons (Fsp3) is 0.190. The standard InChI is InChI=1S/C21H20N4O5S2/c1-3-29-20-17(19(26)16-6-4-5-7-18(16)30-20)12-22-14-8-10-15(11-9-14)32(27,28)25-21-24-23-13(2)31-21/h4-12,20,22H,3H2,1-2H3,(H,24,25)/b17-12-. The third-order valence-corrected chi connectivity index (χ3v) is 6.74. The Kier molecular flexibility index (Phi) is 6.21. The lowest BCUT2D eigenvalue weighted by atomic mass is 10.00. The molecule has 0 saturated carbocycles. The van der Waals surface area contributed by atoms with Crippen LogP contribution in [0.15, 0.2) is 65.2 Å². The van der Waals surface area contributed by atoms with Crippen molar-refractivity contribution in [3.63, 3.8) is 0 Å². The number of ether oxygens (including phenoxy) is 2. The summed E-state index contributed by atoms with van der Waals surface area (Å²) in [6, 6.07) is 13.1. The number of para-hydroxylation sites is 1. The number of ketones is 1. The van der Waals surface area contributed by atoms with E-state index < -0.39 is 16.3 Å². The van der Waals surface area contributed by atoms with Crippen LogP contribution in [0, 0.1) is 6.92 Å². The maximum atomic E-state index is 12.9. The van der Waals surface area contributed by atoms with E-state index in [4.69, 9.17) is 9.47 Å². The summed E-state index contributed by atoms with van der Waals surface area (Å²) in [5.41, 5.74) is 1.36. The van der Waals surface area contributed by atoms with Crippen LogP contribution in [0.1, 0.15) is 22.3 Å². The molecule has 1 atom stereocenters. The van der Waals surface area contributed by atoms with E-state index in [-0.39, 0.29) is 15.8 Å². The van der Waals surface area contributed by atoms with Crippen molar-refractivity contribution < 1.29 is 22.7 Å². The lowest BCUT2D eigenvalue weighted by Gasteiger charge is -2.27. The molecule has 1 aliphatic rings. The molecule has 9 nitrogen and oxygen atoms in total. The molecule has 0 amide bonds. The van der Waals surface area contributed by atoms with Gasteiger partial charge in [-0.25, -0.2) is 8.42 Å². The Hall–Kier alpha value is -3.28. The largest absolute Gasteiger partial charge is 0.460 e. The van der Waals surface area contributed by atoms with Gasteiger partial charge in [0.25, 0.3) is 10.0 Å². The van der Waals surface area contributed by atoms with E-state index in [0.29, 0.717) is 34.2 Å². The number of hydrogen-bond donors (Lipinski definition) is 2. The van der Waals surface area contributed by atoms with E-state index in [0.717, 1.165) is 11.3 Å². The molecule has 2 N–H and O–H groups in total. The van der Waals surface area contributed by atoms with E-state index in [1.165, 1.54) is 18.3 Å². The van der Waals surface area contributed by atoms with E-state index in [1.54, 1.807) is 43.3 Å². The van der Waals surface area contributed by atoms with Crippen LogP contribution in [-0.2, 0) is 14.8 Å². The summed E-state index contributed by atoms with van der Waals surface area (Å²) in [6.07, 6.45) is 0.679. The molecule has 0 saturated heterocycles. The van der Waals surface area contributed by atoms with Gasteiger partial charge in [0, 0.05) is 18.5 Å². The highest BCUT2D eigenvalue weighted by atomic mass is 32.2. The molecule has 0 fully saturated rings. The number of carbonyl (C=O) groups is 1. The first-order valence-corrected chi connectivity index (χ1v) is 12.0. The highest BCUT2D eigenvalue weighted by molar-refractivity contribution is 7.93. The van der Waals surface area contributed by atoms with Crippen molar-refractivity contribution >= 4 is 38.0 Å². The minimum atomic E-state index is -3.79. The number of nitrogens with zero attached hydrogens (tertiary/aromatic N) is 2. The fourth-order valence-corrected chi connectivity index (χ4v) is 4.83. The summed E-state index contributed by atoms with van der Waals surface area (Å²) in [5, 5.41) is 11.4. The minimum absolute atomic E-state index is 0.0711. The topological polar surface area (TPSA) is 120 Å². The van der Waals surface area contributed by atoms with E-state index in [2.05, 4.69) is 20.2 Å². The molecule has 2 heterocycles. The molecule has 1 unspecified atom stereocenters. The summed E-state index contributed by atoms with van der Waals surface area (Å²) >= 11 is 1.15. The average molecular weight is 473 g/mol. The lowest BCUT2D eigenvalue weighted by Crippen LogP contribution is -2.33. The van der Waals surface area contributed by atoms with Gasteiger partial charge in [0.1, 0.15) is 10.8 Å². The average Bonchev–Trinajstić information content (AvgIpc) is 3.18.